The number of nitrogens with zero attached hydrogens (tertiary/aromatic N) is 2. The summed E-state index contributed by atoms with van der Waals surface area (Å²) in [5.74, 6) is 0.946. The lowest BCUT2D eigenvalue weighted by atomic mass is 10.1. The minimum atomic E-state index is 0.732. The van der Waals surface area contributed by atoms with Gasteiger partial charge in [0.25, 0.3) is 0 Å². The smallest absolute Gasteiger partial charge is 0.117 e. The minimum absolute atomic E-state index is 0.732. The number of hydrogen-bond donors (Lipinski definition) is 1. The molecule has 3 aromatic rings. The maximum Gasteiger partial charge on any atom is 0.117 e. The normalized spacial score (nSPS) is 11.3. The summed E-state index contributed by atoms with van der Waals surface area (Å²) in [6.07, 6.45) is 1.69. The van der Waals surface area contributed by atoms with Crippen molar-refractivity contribution in [3.8, 4) is 0 Å². The van der Waals surface area contributed by atoms with Gasteiger partial charge in [-0.3, -0.25) is 9.88 Å². The third-order valence-corrected chi connectivity index (χ3v) is 3.24. The Labute approximate surface area is 117 Å². The average Bonchev–Trinajstić information content (AvgIpc) is 2.91. The fourth-order valence-electron chi connectivity index (χ4n) is 2.34. The molecule has 0 aliphatic heterocycles. The summed E-state index contributed by atoms with van der Waals surface area (Å²) in [6, 6.07) is 13.7. The number of benzene rings is 1. The van der Waals surface area contributed by atoms with Crippen LogP contribution in [-0.2, 0) is 13.1 Å². The van der Waals surface area contributed by atoms with Crippen LogP contribution < -0.4 is 5.73 Å². The van der Waals surface area contributed by atoms with Crippen molar-refractivity contribution < 1.29 is 4.42 Å². The Hall–Kier alpha value is -2.33. The summed E-state index contributed by atoms with van der Waals surface area (Å²) in [5.41, 5.74) is 8.77. The molecule has 2 N–H and O–H groups in total. The fraction of sp³-hybridized carbons (Fsp3) is 0.188. The molecule has 20 heavy (non-hydrogen) atoms. The van der Waals surface area contributed by atoms with Crippen LogP contribution >= 0.6 is 0 Å². The van der Waals surface area contributed by atoms with Crippen LogP contribution in [-0.4, -0.2) is 16.9 Å². The van der Waals surface area contributed by atoms with E-state index in [2.05, 4.69) is 9.88 Å². The first-order valence-corrected chi connectivity index (χ1v) is 6.57. The van der Waals surface area contributed by atoms with Crippen LogP contribution in [0.4, 0.5) is 5.69 Å². The van der Waals surface area contributed by atoms with Crippen molar-refractivity contribution in [3.05, 3.63) is 60.2 Å². The van der Waals surface area contributed by atoms with Crippen LogP contribution in [0.1, 0.15) is 11.5 Å². The van der Waals surface area contributed by atoms with Gasteiger partial charge in [-0.15, -0.1) is 0 Å². The molecule has 2 heterocycles. The molecular formula is C16H17N3O. The number of nitrogen functional groups attached to an aromatic ring is 1. The molecular weight excluding hydrogens is 250 g/mol. The van der Waals surface area contributed by atoms with Crippen LogP contribution in [0.25, 0.3) is 10.9 Å². The molecule has 0 radical (unpaired) electrons. The van der Waals surface area contributed by atoms with E-state index < -0.39 is 0 Å². The van der Waals surface area contributed by atoms with Crippen molar-refractivity contribution in [2.24, 2.45) is 0 Å². The SMILES string of the molecule is CN(Cc1cc(N)c2ccccc2n1)Cc1ccco1. The van der Waals surface area contributed by atoms with Crippen molar-refractivity contribution in [2.45, 2.75) is 13.1 Å². The summed E-state index contributed by atoms with van der Waals surface area (Å²) in [7, 11) is 2.04. The molecule has 4 heteroatoms. The lowest BCUT2D eigenvalue weighted by molar-refractivity contribution is 0.285. The molecule has 2 aromatic heterocycles. The number of hydrogen-bond acceptors (Lipinski definition) is 4. The predicted molar refractivity (Wildman–Crippen MR) is 80.0 cm³/mol. The van der Waals surface area contributed by atoms with E-state index in [0.717, 1.165) is 41.1 Å². The van der Waals surface area contributed by atoms with E-state index in [1.54, 1.807) is 6.26 Å². The highest BCUT2D eigenvalue weighted by Gasteiger charge is 2.07. The topological polar surface area (TPSA) is 55.3 Å². The lowest BCUT2D eigenvalue weighted by Crippen LogP contribution is -2.17. The molecule has 4 nitrogen and oxygen atoms in total. The van der Waals surface area contributed by atoms with E-state index >= 15 is 0 Å². The molecule has 0 unspecified atom stereocenters. The highest BCUT2D eigenvalue weighted by Crippen LogP contribution is 2.20. The van der Waals surface area contributed by atoms with Crippen molar-refractivity contribution in [3.63, 3.8) is 0 Å². The number of nitrogens with two attached hydrogens (primary N) is 1. The van der Waals surface area contributed by atoms with E-state index in [-0.39, 0.29) is 0 Å². The molecule has 0 amide bonds. The van der Waals surface area contributed by atoms with Crippen LogP contribution in [0.15, 0.2) is 53.1 Å². The van der Waals surface area contributed by atoms with Crippen molar-refractivity contribution in [1.29, 1.82) is 0 Å². The van der Waals surface area contributed by atoms with Gasteiger partial charge in [0.05, 0.1) is 24.0 Å². The predicted octanol–water partition coefficient (Wildman–Crippen LogP) is 3.04. The molecule has 0 atom stereocenters. The number of rotatable bonds is 4. The summed E-state index contributed by atoms with van der Waals surface area (Å²) >= 11 is 0. The van der Waals surface area contributed by atoms with Gasteiger partial charge in [-0.05, 0) is 31.3 Å². The maximum atomic E-state index is 6.09. The Morgan fingerprint density at radius 1 is 1.15 bits per heavy atom. The van der Waals surface area contributed by atoms with Crippen LogP contribution in [0, 0.1) is 0 Å². The molecule has 0 spiro atoms. The molecule has 0 fully saturated rings. The van der Waals surface area contributed by atoms with Crippen LogP contribution in [0.3, 0.4) is 0 Å². The van der Waals surface area contributed by atoms with Gasteiger partial charge in [0.15, 0.2) is 0 Å². The number of para-hydroxylation sites is 1. The van der Waals surface area contributed by atoms with Crippen molar-refractivity contribution >= 4 is 16.6 Å². The number of anilines is 1. The van der Waals surface area contributed by atoms with Crippen LogP contribution in [0.5, 0.6) is 0 Å². The summed E-state index contributed by atoms with van der Waals surface area (Å²) in [5, 5.41) is 1.00. The van der Waals surface area contributed by atoms with E-state index in [4.69, 9.17) is 10.2 Å². The zero-order chi connectivity index (χ0) is 13.9. The van der Waals surface area contributed by atoms with Gasteiger partial charge in [-0.2, -0.15) is 0 Å². The average molecular weight is 267 g/mol. The number of furan rings is 1. The lowest BCUT2D eigenvalue weighted by Gasteiger charge is -2.15. The van der Waals surface area contributed by atoms with Gasteiger partial charge in [0, 0.05) is 17.6 Å². The molecule has 102 valence electrons. The molecule has 0 aliphatic carbocycles. The molecule has 0 saturated carbocycles. The number of aromatic nitrogens is 1. The molecule has 0 aliphatic rings. The first-order valence-electron chi connectivity index (χ1n) is 6.57. The Bertz CT molecular complexity index is 707. The number of fused-ring (bicyclic) bond motifs is 1. The van der Waals surface area contributed by atoms with Crippen LogP contribution in [0.2, 0.25) is 0 Å². The Balaban J connectivity index is 1.80. The van der Waals surface area contributed by atoms with Gasteiger partial charge in [-0.25, -0.2) is 0 Å². The molecule has 3 rings (SSSR count). The third-order valence-electron chi connectivity index (χ3n) is 3.24. The summed E-state index contributed by atoms with van der Waals surface area (Å²) in [4.78, 5) is 6.80. The summed E-state index contributed by atoms with van der Waals surface area (Å²) < 4.78 is 5.35. The maximum absolute atomic E-state index is 6.09. The van der Waals surface area contributed by atoms with Gasteiger partial charge >= 0.3 is 0 Å². The molecule has 0 bridgehead atoms. The van der Waals surface area contributed by atoms with Gasteiger partial charge < -0.3 is 10.2 Å². The third kappa shape index (κ3) is 2.65. The largest absolute Gasteiger partial charge is 0.468 e. The monoisotopic (exact) mass is 267 g/mol. The standard InChI is InChI=1S/C16H17N3O/c1-19(11-13-5-4-8-20-13)10-12-9-15(17)14-6-2-3-7-16(14)18-12/h2-9H,10-11H2,1H3,(H2,17,18). The highest BCUT2D eigenvalue weighted by molar-refractivity contribution is 5.90. The quantitative estimate of drug-likeness (QED) is 0.789. The molecule has 1 aromatic carbocycles. The van der Waals surface area contributed by atoms with E-state index in [1.807, 2.05) is 49.5 Å². The Morgan fingerprint density at radius 3 is 2.80 bits per heavy atom. The zero-order valence-electron chi connectivity index (χ0n) is 11.4. The summed E-state index contributed by atoms with van der Waals surface area (Å²) in [6.45, 7) is 1.48. The molecule has 0 saturated heterocycles. The Morgan fingerprint density at radius 2 is 2.00 bits per heavy atom. The highest BCUT2D eigenvalue weighted by atomic mass is 16.3. The minimum Gasteiger partial charge on any atom is -0.468 e. The zero-order valence-corrected chi connectivity index (χ0v) is 11.4. The fourth-order valence-corrected chi connectivity index (χ4v) is 2.34. The van der Waals surface area contributed by atoms with Crippen molar-refractivity contribution in [2.75, 3.05) is 12.8 Å². The van der Waals surface area contributed by atoms with E-state index in [9.17, 15) is 0 Å². The Kier molecular flexibility index (Phi) is 3.39. The second kappa shape index (κ2) is 5.35. The second-order valence-corrected chi connectivity index (χ2v) is 4.97. The first kappa shape index (κ1) is 12.7. The second-order valence-electron chi connectivity index (χ2n) is 4.97. The van der Waals surface area contributed by atoms with Gasteiger partial charge in [-0.1, -0.05) is 18.2 Å². The van der Waals surface area contributed by atoms with E-state index in [1.165, 1.54) is 0 Å². The van der Waals surface area contributed by atoms with Gasteiger partial charge in [0.2, 0.25) is 0 Å². The van der Waals surface area contributed by atoms with Crippen molar-refractivity contribution in [1.82, 2.24) is 9.88 Å². The van der Waals surface area contributed by atoms with E-state index in [0.29, 0.717) is 0 Å². The van der Waals surface area contributed by atoms with Gasteiger partial charge in [0.1, 0.15) is 5.76 Å². The number of pyridine rings is 1. The first-order chi connectivity index (χ1) is 9.72.